The van der Waals surface area contributed by atoms with Gasteiger partial charge in [0, 0.05) is 22.7 Å². The van der Waals surface area contributed by atoms with E-state index < -0.39 is 0 Å². The molecule has 0 fully saturated rings. The number of anilines is 1. The fourth-order valence-corrected chi connectivity index (χ4v) is 2.89. The summed E-state index contributed by atoms with van der Waals surface area (Å²) in [5.41, 5.74) is 4.49. The Balaban J connectivity index is 1.63. The number of H-pyrrole nitrogens is 1. The standard InChI is InChI=1S/C18H16N2O3/c1-10-5-11(2)13-8-15(20-14(13)6-10)18(21)19-12-3-4-16-17(7-12)23-9-22-16/h3-8,20H,9H2,1-2H3,(H,19,21). The summed E-state index contributed by atoms with van der Waals surface area (Å²) in [5, 5.41) is 3.94. The molecule has 1 aromatic heterocycles. The van der Waals surface area contributed by atoms with Gasteiger partial charge in [-0.25, -0.2) is 0 Å². The maximum atomic E-state index is 12.5. The molecule has 0 aliphatic carbocycles. The molecule has 1 aliphatic rings. The van der Waals surface area contributed by atoms with Crippen LogP contribution in [0.15, 0.2) is 36.4 Å². The molecule has 0 spiro atoms. The minimum atomic E-state index is -0.183. The highest BCUT2D eigenvalue weighted by molar-refractivity contribution is 6.06. The molecular weight excluding hydrogens is 292 g/mol. The number of carbonyl (C=O) groups is 1. The van der Waals surface area contributed by atoms with Crippen molar-refractivity contribution in [3.05, 3.63) is 53.2 Å². The summed E-state index contributed by atoms with van der Waals surface area (Å²) in [6.07, 6.45) is 0. The maximum Gasteiger partial charge on any atom is 0.272 e. The molecule has 0 bridgehead atoms. The molecule has 23 heavy (non-hydrogen) atoms. The third-order valence-corrected chi connectivity index (χ3v) is 3.96. The van der Waals surface area contributed by atoms with Crippen LogP contribution in [-0.4, -0.2) is 17.7 Å². The molecule has 2 aromatic carbocycles. The number of benzene rings is 2. The summed E-state index contributed by atoms with van der Waals surface area (Å²) in [6, 6.07) is 11.4. The zero-order valence-corrected chi connectivity index (χ0v) is 12.9. The second-order valence-corrected chi connectivity index (χ2v) is 5.75. The summed E-state index contributed by atoms with van der Waals surface area (Å²) >= 11 is 0. The maximum absolute atomic E-state index is 12.5. The van der Waals surface area contributed by atoms with Gasteiger partial charge in [0.2, 0.25) is 6.79 Å². The Kier molecular flexibility index (Phi) is 3.01. The number of fused-ring (bicyclic) bond motifs is 2. The molecule has 4 rings (SSSR count). The van der Waals surface area contributed by atoms with Crippen LogP contribution in [0, 0.1) is 13.8 Å². The molecule has 0 radical (unpaired) electrons. The van der Waals surface area contributed by atoms with Crippen LogP contribution in [0.3, 0.4) is 0 Å². The summed E-state index contributed by atoms with van der Waals surface area (Å²) in [7, 11) is 0. The monoisotopic (exact) mass is 308 g/mol. The van der Waals surface area contributed by atoms with E-state index in [4.69, 9.17) is 9.47 Å². The van der Waals surface area contributed by atoms with Gasteiger partial charge in [0.25, 0.3) is 5.91 Å². The van der Waals surface area contributed by atoms with Gasteiger partial charge in [-0.1, -0.05) is 6.07 Å². The van der Waals surface area contributed by atoms with E-state index in [9.17, 15) is 4.79 Å². The average Bonchev–Trinajstić information content (AvgIpc) is 3.12. The lowest BCUT2D eigenvalue weighted by molar-refractivity contribution is 0.102. The predicted molar refractivity (Wildman–Crippen MR) is 88.3 cm³/mol. The summed E-state index contributed by atoms with van der Waals surface area (Å²) in [6.45, 7) is 4.30. The number of nitrogens with one attached hydrogen (secondary N) is 2. The lowest BCUT2D eigenvalue weighted by Crippen LogP contribution is -2.12. The first-order valence-electron chi connectivity index (χ1n) is 7.41. The number of carbonyl (C=O) groups excluding carboxylic acids is 1. The van der Waals surface area contributed by atoms with Crippen molar-refractivity contribution < 1.29 is 14.3 Å². The quantitative estimate of drug-likeness (QED) is 0.757. The third kappa shape index (κ3) is 2.40. The van der Waals surface area contributed by atoms with Crippen LogP contribution in [0.25, 0.3) is 10.9 Å². The number of aromatic nitrogens is 1. The highest BCUT2D eigenvalue weighted by Crippen LogP contribution is 2.34. The van der Waals surface area contributed by atoms with Crippen molar-refractivity contribution in [1.29, 1.82) is 0 Å². The van der Waals surface area contributed by atoms with Crippen LogP contribution in [0.2, 0.25) is 0 Å². The third-order valence-electron chi connectivity index (χ3n) is 3.96. The highest BCUT2D eigenvalue weighted by Gasteiger charge is 2.16. The van der Waals surface area contributed by atoms with E-state index in [-0.39, 0.29) is 12.7 Å². The molecule has 0 atom stereocenters. The Bertz CT molecular complexity index is 927. The van der Waals surface area contributed by atoms with E-state index in [1.807, 2.05) is 26.0 Å². The van der Waals surface area contributed by atoms with Crippen LogP contribution in [0.5, 0.6) is 11.5 Å². The van der Waals surface area contributed by atoms with Gasteiger partial charge in [0.15, 0.2) is 11.5 Å². The van der Waals surface area contributed by atoms with Crippen molar-refractivity contribution >= 4 is 22.5 Å². The first-order valence-corrected chi connectivity index (χ1v) is 7.41. The van der Waals surface area contributed by atoms with Crippen LogP contribution in [-0.2, 0) is 0 Å². The molecule has 5 heteroatoms. The van der Waals surface area contributed by atoms with Crippen LogP contribution >= 0.6 is 0 Å². The number of ether oxygens (including phenoxy) is 2. The Hall–Kier alpha value is -2.95. The highest BCUT2D eigenvalue weighted by atomic mass is 16.7. The molecule has 5 nitrogen and oxygen atoms in total. The van der Waals surface area contributed by atoms with Crippen LogP contribution in [0.4, 0.5) is 5.69 Å². The molecular formula is C18H16N2O3. The molecule has 116 valence electrons. The summed E-state index contributed by atoms with van der Waals surface area (Å²) in [5.74, 6) is 1.16. The van der Waals surface area contributed by atoms with Crippen molar-refractivity contribution in [2.75, 3.05) is 12.1 Å². The Morgan fingerprint density at radius 2 is 1.91 bits per heavy atom. The van der Waals surface area contributed by atoms with Gasteiger partial charge in [-0.3, -0.25) is 4.79 Å². The van der Waals surface area contributed by atoms with Crippen molar-refractivity contribution in [1.82, 2.24) is 4.98 Å². The van der Waals surface area contributed by atoms with Crippen LogP contribution in [0.1, 0.15) is 21.6 Å². The number of hydrogen-bond donors (Lipinski definition) is 2. The zero-order chi connectivity index (χ0) is 16.0. The first-order chi connectivity index (χ1) is 11.1. The fraction of sp³-hybridized carbons (Fsp3) is 0.167. The summed E-state index contributed by atoms with van der Waals surface area (Å²) < 4.78 is 10.6. The van der Waals surface area contributed by atoms with Gasteiger partial charge < -0.3 is 19.8 Å². The van der Waals surface area contributed by atoms with Gasteiger partial charge in [-0.05, 0) is 49.2 Å². The van der Waals surface area contributed by atoms with E-state index in [1.165, 1.54) is 5.56 Å². The van der Waals surface area contributed by atoms with Gasteiger partial charge in [-0.15, -0.1) is 0 Å². The van der Waals surface area contributed by atoms with Crippen molar-refractivity contribution in [2.24, 2.45) is 0 Å². The molecule has 2 N–H and O–H groups in total. The number of aryl methyl sites for hydroxylation is 2. The lowest BCUT2D eigenvalue weighted by atomic mass is 10.1. The molecule has 3 aromatic rings. The normalized spacial score (nSPS) is 12.6. The topological polar surface area (TPSA) is 63.4 Å². The number of rotatable bonds is 2. The van der Waals surface area contributed by atoms with Gasteiger partial charge in [0.1, 0.15) is 5.69 Å². The summed E-state index contributed by atoms with van der Waals surface area (Å²) in [4.78, 5) is 15.6. The van der Waals surface area contributed by atoms with Gasteiger partial charge in [-0.2, -0.15) is 0 Å². The molecule has 0 saturated heterocycles. The number of aromatic amines is 1. The second-order valence-electron chi connectivity index (χ2n) is 5.75. The van der Waals surface area contributed by atoms with Gasteiger partial charge in [0.05, 0.1) is 0 Å². The smallest absolute Gasteiger partial charge is 0.272 e. The number of hydrogen-bond acceptors (Lipinski definition) is 3. The molecule has 0 unspecified atom stereocenters. The SMILES string of the molecule is Cc1cc(C)c2cc(C(=O)Nc3ccc4c(c3)OCO4)[nH]c2c1. The predicted octanol–water partition coefficient (Wildman–Crippen LogP) is 3.77. The van der Waals surface area contributed by atoms with Crippen molar-refractivity contribution in [2.45, 2.75) is 13.8 Å². The van der Waals surface area contributed by atoms with E-state index in [0.717, 1.165) is 16.5 Å². The van der Waals surface area contributed by atoms with E-state index in [0.29, 0.717) is 22.9 Å². The zero-order valence-electron chi connectivity index (χ0n) is 12.9. The Morgan fingerprint density at radius 3 is 2.78 bits per heavy atom. The van der Waals surface area contributed by atoms with Crippen molar-refractivity contribution in [3.8, 4) is 11.5 Å². The van der Waals surface area contributed by atoms with E-state index >= 15 is 0 Å². The molecule has 0 saturated carbocycles. The Morgan fingerprint density at radius 1 is 1.09 bits per heavy atom. The molecule has 1 aliphatic heterocycles. The van der Waals surface area contributed by atoms with E-state index in [2.05, 4.69) is 16.4 Å². The first kappa shape index (κ1) is 13.7. The largest absolute Gasteiger partial charge is 0.454 e. The van der Waals surface area contributed by atoms with Crippen molar-refractivity contribution in [3.63, 3.8) is 0 Å². The Labute approximate surface area is 133 Å². The minimum Gasteiger partial charge on any atom is -0.454 e. The number of amides is 1. The minimum absolute atomic E-state index is 0.183. The average molecular weight is 308 g/mol. The lowest BCUT2D eigenvalue weighted by Gasteiger charge is -2.04. The van der Waals surface area contributed by atoms with E-state index in [1.54, 1.807) is 18.2 Å². The fourth-order valence-electron chi connectivity index (χ4n) is 2.89. The second kappa shape index (κ2) is 5.05. The van der Waals surface area contributed by atoms with Crippen LogP contribution < -0.4 is 14.8 Å². The molecule has 1 amide bonds. The van der Waals surface area contributed by atoms with Gasteiger partial charge >= 0.3 is 0 Å². The molecule has 2 heterocycles.